The fourth-order valence-electron chi connectivity index (χ4n) is 3.79. The zero-order valence-electron chi connectivity index (χ0n) is 17.8. The van der Waals surface area contributed by atoms with E-state index in [9.17, 15) is 18.0 Å². The fraction of sp³-hybridized carbons (Fsp3) is 0.238. The van der Waals surface area contributed by atoms with E-state index in [-0.39, 0.29) is 17.0 Å². The summed E-state index contributed by atoms with van der Waals surface area (Å²) >= 11 is 6.24. The second-order valence-electron chi connectivity index (χ2n) is 7.64. The van der Waals surface area contributed by atoms with Crippen LogP contribution in [0.4, 0.5) is 0 Å². The maximum atomic E-state index is 13.2. The molecule has 0 bridgehead atoms. The second-order valence-corrected chi connectivity index (χ2v) is 9.78. The number of sulfonamides is 1. The van der Waals surface area contributed by atoms with Crippen LogP contribution in [-0.2, 0) is 16.6 Å². The van der Waals surface area contributed by atoms with Crippen LogP contribution < -0.4 is 16.0 Å². The third-order valence-electron chi connectivity index (χ3n) is 5.31. The lowest BCUT2D eigenvalue weighted by Crippen LogP contribution is -2.34. The fourth-order valence-corrected chi connectivity index (χ4v) is 4.49. The summed E-state index contributed by atoms with van der Waals surface area (Å²) < 4.78 is 25.9. The van der Waals surface area contributed by atoms with Gasteiger partial charge in [-0.3, -0.25) is 9.59 Å². The lowest BCUT2D eigenvalue weighted by atomic mass is 10.1. The highest BCUT2D eigenvalue weighted by atomic mass is 35.5. The highest BCUT2D eigenvalue weighted by Gasteiger charge is 2.23. The number of aromatic nitrogens is 4. The highest BCUT2D eigenvalue weighted by molar-refractivity contribution is 7.89. The van der Waals surface area contributed by atoms with Crippen LogP contribution >= 0.6 is 11.6 Å². The normalized spacial score (nSPS) is 12.8. The molecule has 3 heterocycles. The van der Waals surface area contributed by atoms with Crippen molar-refractivity contribution in [2.75, 3.05) is 5.75 Å². The van der Waals surface area contributed by atoms with Crippen molar-refractivity contribution >= 4 is 44.0 Å². The molecule has 12 heteroatoms. The van der Waals surface area contributed by atoms with Crippen molar-refractivity contribution in [1.82, 2.24) is 24.5 Å². The van der Waals surface area contributed by atoms with Crippen molar-refractivity contribution in [3.8, 4) is 0 Å². The first-order valence-corrected chi connectivity index (χ1v) is 12.1. The maximum Gasteiger partial charge on any atom is 0.260 e. The van der Waals surface area contributed by atoms with Gasteiger partial charge in [0.15, 0.2) is 5.65 Å². The van der Waals surface area contributed by atoms with Crippen molar-refractivity contribution in [3.63, 3.8) is 0 Å². The summed E-state index contributed by atoms with van der Waals surface area (Å²) in [4.78, 5) is 30.6. The van der Waals surface area contributed by atoms with Crippen LogP contribution in [0, 0.1) is 6.92 Å². The Hall–Kier alpha value is -3.28. The molecule has 0 saturated carbocycles. The van der Waals surface area contributed by atoms with Gasteiger partial charge in [0.1, 0.15) is 5.56 Å². The molecule has 0 aliphatic carbocycles. The van der Waals surface area contributed by atoms with Gasteiger partial charge < -0.3 is 9.88 Å². The first-order valence-electron chi connectivity index (χ1n) is 10.00. The zero-order valence-corrected chi connectivity index (χ0v) is 19.4. The number of nitrogens with two attached hydrogens (primary N) is 1. The maximum absolute atomic E-state index is 13.2. The monoisotopic (exact) mass is 488 g/mol. The molecule has 33 heavy (non-hydrogen) atoms. The predicted octanol–water partition coefficient (Wildman–Crippen LogP) is 1.79. The predicted molar refractivity (Wildman–Crippen MR) is 125 cm³/mol. The third-order valence-corrected chi connectivity index (χ3v) is 6.37. The number of aryl methyl sites for hydroxylation is 1. The van der Waals surface area contributed by atoms with Crippen molar-refractivity contribution in [2.24, 2.45) is 5.14 Å². The molecule has 0 aliphatic rings. The van der Waals surface area contributed by atoms with Crippen molar-refractivity contribution < 1.29 is 13.2 Å². The molecule has 0 saturated heterocycles. The van der Waals surface area contributed by atoms with E-state index in [1.54, 1.807) is 56.6 Å². The molecule has 172 valence electrons. The van der Waals surface area contributed by atoms with Gasteiger partial charge in [0.05, 0.1) is 27.9 Å². The Labute approximate surface area is 194 Å². The number of halogens is 1. The number of hydrogen-bond acceptors (Lipinski definition) is 6. The van der Waals surface area contributed by atoms with Gasteiger partial charge in [-0.1, -0.05) is 23.7 Å². The van der Waals surface area contributed by atoms with E-state index in [4.69, 9.17) is 16.7 Å². The molecule has 3 N–H and O–H groups in total. The molecule has 4 aromatic rings. The Balaban J connectivity index is 1.78. The van der Waals surface area contributed by atoms with Gasteiger partial charge in [0, 0.05) is 24.6 Å². The van der Waals surface area contributed by atoms with Gasteiger partial charge in [-0.25, -0.2) is 23.1 Å². The Morgan fingerprint density at radius 2 is 2.06 bits per heavy atom. The van der Waals surface area contributed by atoms with Crippen LogP contribution in [0.15, 0.2) is 47.5 Å². The SMILES string of the molecule is Cc1nn2cccnc2c1C(=O)N[C@@H](C)c1cc2cccc(Cl)c2c(=O)n1CCS(N)(=O)=O. The molecule has 1 aromatic carbocycles. The molecule has 4 rings (SSSR count). The Bertz CT molecular complexity index is 1560. The van der Waals surface area contributed by atoms with E-state index < -0.39 is 33.3 Å². The standard InChI is InChI=1S/C21H21ClN6O4S/c1-12(25-20(29)17-13(2)26-28-8-4-7-24-19(17)28)16-11-14-5-3-6-15(22)18(14)21(30)27(16)9-10-33(23,31)32/h3-8,11-12H,9-10H2,1-2H3,(H,25,29)(H2,23,31,32)/t12-/m0/s1. The molecule has 0 spiro atoms. The zero-order chi connectivity index (χ0) is 23.9. The summed E-state index contributed by atoms with van der Waals surface area (Å²) in [5, 5.41) is 13.4. The number of carbonyl (C=O) groups is 1. The molecule has 3 aromatic heterocycles. The summed E-state index contributed by atoms with van der Waals surface area (Å²) in [7, 11) is -3.83. The molecular weight excluding hydrogens is 468 g/mol. The number of fused-ring (bicyclic) bond motifs is 2. The van der Waals surface area contributed by atoms with E-state index in [0.717, 1.165) is 0 Å². The summed E-state index contributed by atoms with van der Waals surface area (Å²) in [5.74, 6) is -0.876. The van der Waals surface area contributed by atoms with Crippen LogP contribution in [0.2, 0.25) is 5.02 Å². The summed E-state index contributed by atoms with van der Waals surface area (Å²) in [6.45, 7) is 3.21. The third kappa shape index (κ3) is 4.47. The average molecular weight is 489 g/mol. The second kappa shape index (κ2) is 8.58. The van der Waals surface area contributed by atoms with Crippen LogP contribution in [0.25, 0.3) is 16.4 Å². The Morgan fingerprint density at radius 1 is 1.30 bits per heavy atom. The average Bonchev–Trinajstić information content (AvgIpc) is 3.07. The largest absolute Gasteiger partial charge is 0.344 e. The number of nitrogens with one attached hydrogen (secondary N) is 1. The summed E-state index contributed by atoms with van der Waals surface area (Å²) in [5.41, 5.74) is 1.15. The van der Waals surface area contributed by atoms with Crippen LogP contribution in [0.1, 0.15) is 34.7 Å². The number of pyridine rings is 1. The number of benzene rings is 1. The molecule has 1 amide bonds. The van der Waals surface area contributed by atoms with Gasteiger partial charge >= 0.3 is 0 Å². The van der Waals surface area contributed by atoms with Gasteiger partial charge in [-0.2, -0.15) is 5.10 Å². The van der Waals surface area contributed by atoms with E-state index in [0.29, 0.717) is 28.0 Å². The topological polar surface area (TPSA) is 141 Å². The smallest absolute Gasteiger partial charge is 0.260 e. The van der Waals surface area contributed by atoms with Crippen LogP contribution in [0.3, 0.4) is 0 Å². The van der Waals surface area contributed by atoms with Gasteiger partial charge in [-0.15, -0.1) is 0 Å². The van der Waals surface area contributed by atoms with E-state index in [2.05, 4.69) is 15.4 Å². The highest BCUT2D eigenvalue weighted by Crippen LogP contribution is 2.24. The van der Waals surface area contributed by atoms with Gasteiger partial charge in [-0.05, 0) is 37.4 Å². The van der Waals surface area contributed by atoms with Gasteiger partial charge in [0.25, 0.3) is 11.5 Å². The molecule has 0 radical (unpaired) electrons. The van der Waals surface area contributed by atoms with Crippen molar-refractivity contribution in [1.29, 1.82) is 0 Å². The van der Waals surface area contributed by atoms with E-state index in [1.807, 2.05) is 0 Å². The lowest BCUT2D eigenvalue weighted by molar-refractivity contribution is 0.0939. The number of primary sulfonamides is 1. The molecule has 0 aliphatic heterocycles. The first kappa shape index (κ1) is 22.9. The first-order chi connectivity index (χ1) is 15.6. The number of carbonyl (C=O) groups excluding carboxylic acids is 1. The number of nitrogens with zero attached hydrogens (tertiary/aromatic N) is 4. The Kier molecular flexibility index (Phi) is 5.95. The van der Waals surface area contributed by atoms with Crippen LogP contribution in [-0.4, -0.2) is 39.2 Å². The Morgan fingerprint density at radius 3 is 2.79 bits per heavy atom. The molecule has 0 fully saturated rings. The van der Waals surface area contributed by atoms with Crippen molar-refractivity contribution in [3.05, 3.63) is 75.1 Å². The molecule has 0 unspecified atom stereocenters. The number of rotatable bonds is 6. The molecular formula is C21H21ClN6O4S. The van der Waals surface area contributed by atoms with Crippen molar-refractivity contribution in [2.45, 2.75) is 26.4 Å². The van der Waals surface area contributed by atoms with E-state index in [1.165, 1.54) is 9.08 Å². The number of amides is 1. The summed E-state index contributed by atoms with van der Waals surface area (Å²) in [6, 6.07) is 7.77. The quantitative estimate of drug-likeness (QED) is 0.423. The molecule has 1 atom stereocenters. The minimum absolute atomic E-state index is 0.189. The van der Waals surface area contributed by atoms with E-state index >= 15 is 0 Å². The number of hydrogen-bond donors (Lipinski definition) is 2. The minimum Gasteiger partial charge on any atom is -0.344 e. The summed E-state index contributed by atoms with van der Waals surface area (Å²) in [6.07, 6.45) is 3.25. The minimum atomic E-state index is -3.83. The van der Waals surface area contributed by atoms with Gasteiger partial charge in [0.2, 0.25) is 10.0 Å². The lowest BCUT2D eigenvalue weighted by Gasteiger charge is -2.21. The molecule has 10 nitrogen and oxygen atoms in total. The van der Waals surface area contributed by atoms with Crippen LogP contribution in [0.5, 0.6) is 0 Å².